The van der Waals surface area contributed by atoms with Gasteiger partial charge in [-0.15, -0.1) is 0 Å². The predicted molar refractivity (Wildman–Crippen MR) is 97.0 cm³/mol. The van der Waals surface area contributed by atoms with E-state index in [0.717, 1.165) is 5.56 Å². The number of carbonyl (C=O) groups is 1. The predicted octanol–water partition coefficient (Wildman–Crippen LogP) is 2.46. The lowest BCUT2D eigenvalue weighted by Gasteiger charge is -2.11. The van der Waals surface area contributed by atoms with E-state index >= 15 is 0 Å². The highest BCUT2D eigenvalue weighted by atomic mass is 32.2. The van der Waals surface area contributed by atoms with Crippen LogP contribution in [0.15, 0.2) is 36.4 Å². The van der Waals surface area contributed by atoms with Crippen molar-refractivity contribution in [2.45, 2.75) is 19.4 Å². The normalized spacial score (nSPS) is 19.0. The van der Waals surface area contributed by atoms with Gasteiger partial charge in [-0.2, -0.15) is 5.10 Å². The molecule has 8 heteroatoms. The zero-order valence-corrected chi connectivity index (χ0v) is 14.9. The number of aromatic carboxylic acids is 1. The molecule has 3 aromatic rings. The van der Waals surface area contributed by atoms with Crippen LogP contribution in [-0.4, -0.2) is 45.8 Å². The van der Waals surface area contributed by atoms with Crippen LogP contribution in [0.2, 0.25) is 0 Å². The summed E-state index contributed by atoms with van der Waals surface area (Å²) >= 11 is 0. The topological polar surface area (TPSA) is 102 Å². The van der Waals surface area contributed by atoms with Crippen molar-refractivity contribution in [1.82, 2.24) is 14.8 Å². The number of carboxylic acids is 1. The van der Waals surface area contributed by atoms with Crippen LogP contribution in [0.5, 0.6) is 0 Å². The van der Waals surface area contributed by atoms with Crippen molar-refractivity contribution in [3.63, 3.8) is 0 Å². The maximum absolute atomic E-state index is 11.9. The number of hydrogen-bond acceptors (Lipinski definition) is 5. The summed E-state index contributed by atoms with van der Waals surface area (Å²) < 4.78 is 25.3. The van der Waals surface area contributed by atoms with Crippen LogP contribution in [0.4, 0.5) is 0 Å². The Kier molecular flexibility index (Phi) is 3.80. The third-order valence-electron chi connectivity index (χ3n) is 4.69. The van der Waals surface area contributed by atoms with Gasteiger partial charge in [0.15, 0.2) is 15.5 Å². The largest absolute Gasteiger partial charge is 0.478 e. The van der Waals surface area contributed by atoms with E-state index in [1.54, 1.807) is 17.7 Å². The molecule has 1 N–H and O–H groups in total. The molecule has 1 aliphatic heterocycles. The smallest absolute Gasteiger partial charge is 0.336 e. The number of fused-ring (bicyclic) bond motifs is 1. The van der Waals surface area contributed by atoms with Crippen LogP contribution >= 0.6 is 0 Å². The first-order valence-electron chi connectivity index (χ1n) is 8.25. The van der Waals surface area contributed by atoms with E-state index in [-0.39, 0.29) is 23.1 Å². The van der Waals surface area contributed by atoms with Crippen LogP contribution in [0.25, 0.3) is 22.3 Å². The van der Waals surface area contributed by atoms with E-state index in [4.69, 9.17) is 0 Å². The lowest BCUT2D eigenvalue weighted by atomic mass is 10.1. The molecule has 4 rings (SSSR count). The van der Waals surface area contributed by atoms with Crippen molar-refractivity contribution in [3.05, 3.63) is 47.7 Å². The number of benzene rings is 1. The molecule has 2 aromatic heterocycles. The highest BCUT2D eigenvalue weighted by molar-refractivity contribution is 7.91. The molecule has 1 aromatic carbocycles. The maximum Gasteiger partial charge on any atom is 0.336 e. The summed E-state index contributed by atoms with van der Waals surface area (Å²) in [6.07, 6.45) is 0.457. The first kappa shape index (κ1) is 16.7. The molecule has 1 aliphatic rings. The Labute approximate surface area is 150 Å². The van der Waals surface area contributed by atoms with Gasteiger partial charge in [-0.05, 0) is 19.4 Å². The van der Waals surface area contributed by atoms with E-state index in [2.05, 4.69) is 10.1 Å². The summed E-state index contributed by atoms with van der Waals surface area (Å²) in [5, 5.41) is 14.6. The second kappa shape index (κ2) is 5.91. The number of hydrogen-bond donors (Lipinski definition) is 1. The SMILES string of the molecule is Cc1nn(C2CCS(=O)(=O)C2)c2nc(-c3ccccc3)cc(C(=O)O)c12. The van der Waals surface area contributed by atoms with E-state index < -0.39 is 15.8 Å². The standard InChI is InChI=1S/C18H17N3O4S/c1-11-16-14(18(22)23)9-15(12-5-3-2-4-6-12)19-17(16)21(20-11)13-7-8-26(24,25)10-13/h2-6,9,13H,7-8,10H2,1H3,(H,22,23). The minimum absolute atomic E-state index is 0.00285. The van der Waals surface area contributed by atoms with Gasteiger partial charge in [0.05, 0.1) is 39.9 Å². The Morgan fingerprint density at radius 1 is 1.27 bits per heavy atom. The average Bonchev–Trinajstić information content (AvgIpc) is 3.14. The van der Waals surface area contributed by atoms with Gasteiger partial charge < -0.3 is 5.11 Å². The van der Waals surface area contributed by atoms with Gasteiger partial charge in [0.1, 0.15) is 0 Å². The summed E-state index contributed by atoms with van der Waals surface area (Å²) in [5.41, 5.74) is 2.40. The van der Waals surface area contributed by atoms with Gasteiger partial charge in [0.25, 0.3) is 0 Å². The number of aromatic nitrogens is 3. The third kappa shape index (κ3) is 2.76. The number of carboxylic acid groups (broad SMARTS) is 1. The van der Waals surface area contributed by atoms with Crippen LogP contribution in [0.1, 0.15) is 28.5 Å². The molecule has 1 saturated heterocycles. The molecule has 7 nitrogen and oxygen atoms in total. The quantitative estimate of drug-likeness (QED) is 0.759. The van der Waals surface area contributed by atoms with Gasteiger partial charge in [-0.3, -0.25) is 0 Å². The van der Waals surface area contributed by atoms with E-state index in [9.17, 15) is 18.3 Å². The molecule has 1 atom stereocenters. The molecule has 0 aliphatic carbocycles. The van der Waals surface area contributed by atoms with Crippen molar-refractivity contribution < 1.29 is 18.3 Å². The second-order valence-electron chi connectivity index (χ2n) is 6.51. The van der Waals surface area contributed by atoms with Gasteiger partial charge in [-0.25, -0.2) is 22.9 Å². The van der Waals surface area contributed by atoms with Crippen molar-refractivity contribution >= 4 is 26.8 Å². The van der Waals surface area contributed by atoms with Crippen molar-refractivity contribution in [2.75, 3.05) is 11.5 Å². The minimum atomic E-state index is -3.10. The molecule has 1 fully saturated rings. The molecule has 0 spiro atoms. The lowest BCUT2D eigenvalue weighted by molar-refractivity contribution is 0.0699. The summed E-state index contributed by atoms with van der Waals surface area (Å²) in [6, 6.07) is 10.5. The number of pyridine rings is 1. The second-order valence-corrected chi connectivity index (χ2v) is 8.74. The Hall–Kier alpha value is -2.74. The van der Waals surface area contributed by atoms with Crippen molar-refractivity contribution in [3.8, 4) is 11.3 Å². The van der Waals surface area contributed by atoms with E-state index in [1.807, 2.05) is 30.3 Å². The Bertz CT molecular complexity index is 1120. The van der Waals surface area contributed by atoms with Crippen LogP contribution in [-0.2, 0) is 9.84 Å². The average molecular weight is 371 g/mol. The highest BCUT2D eigenvalue weighted by Gasteiger charge is 2.32. The van der Waals surface area contributed by atoms with Crippen LogP contribution in [0, 0.1) is 6.92 Å². The van der Waals surface area contributed by atoms with Gasteiger partial charge >= 0.3 is 5.97 Å². The van der Waals surface area contributed by atoms with Crippen LogP contribution in [0.3, 0.4) is 0 Å². The van der Waals surface area contributed by atoms with Crippen molar-refractivity contribution in [1.29, 1.82) is 0 Å². The van der Waals surface area contributed by atoms with Gasteiger partial charge in [-0.1, -0.05) is 30.3 Å². The van der Waals surface area contributed by atoms with Gasteiger partial charge in [0.2, 0.25) is 0 Å². The van der Waals surface area contributed by atoms with Crippen LogP contribution < -0.4 is 0 Å². The number of rotatable bonds is 3. The fraction of sp³-hybridized carbons (Fsp3) is 0.278. The monoisotopic (exact) mass is 371 g/mol. The zero-order chi connectivity index (χ0) is 18.5. The van der Waals surface area contributed by atoms with E-state index in [0.29, 0.717) is 28.8 Å². The fourth-order valence-electron chi connectivity index (χ4n) is 3.46. The van der Waals surface area contributed by atoms with Gasteiger partial charge in [0, 0.05) is 5.56 Å². The summed E-state index contributed by atoms with van der Waals surface area (Å²) in [7, 11) is -3.10. The lowest BCUT2D eigenvalue weighted by Crippen LogP contribution is -2.13. The number of aryl methyl sites for hydroxylation is 1. The molecular formula is C18H17N3O4S. The molecular weight excluding hydrogens is 354 g/mol. The highest BCUT2D eigenvalue weighted by Crippen LogP contribution is 2.31. The molecule has 26 heavy (non-hydrogen) atoms. The molecule has 3 heterocycles. The molecule has 1 unspecified atom stereocenters. The first-order chi connectivity index (χ1) is 12.4. The summed E-state index contributed by atoms with van der Waals surface area (Å²) in [6.45, 7) is 1.72. The molecule has 0 amide bonds. The third-order valence-corrected chi connectivity index (χ3v) is 6.44. The van der Waals surface area contributed by atoms with E-state index in [1.165, 1.54) is 0 Å². The Balaban J connectivity index is 1.98. The maximum atomic E-state index is 11.9. The van der Waals surface area contributed by atoms with Crippen molar-refractivity contribution in [2.24, 2.45) is 0 Å². The number of nitrogens with zero attached hydrogens (tertiary/aromatic N) is 3. The Morgan fingerprint density at radius 2 is 2.00 bits per heavy atom. The fourth-order valence-corrected chi connectivity index (χ4v) is 5.15. The number of sulfone groups is 1. The molecule has 0 bridgehead atoms. The zero-order valence-electron chi connectivity index (χ0n) is 14.1. The Morgan fingerprint density at radius 3 is 2.62 bits per heavy atom. The minimum Gasteiger partial charge on any atom is -0.478 e. The molecule has 0 radical (unpaired) electrons. The summed E-state index contributed by atoms with van der Waals surface area (Å²) in [5.74, 6) is -0.943. The molecule has 0 saturated carbocycles. The summed E-state index contributed by atoms with van der Waals surface area (Å²) in [4.78, 5) is 16.5. The molecule has 134 valence electrons. The first-order valence-corrected chi connectivity index (χ1v) is 10.1.